The van der Waals surface area contributed by atoms with Gasteiger partial charge in [-0.2, -0.15) is 0 Å². The van der Waals surface area contributed by atoms with E-state index < -0.39 is 0 Å². The van der Waals surface area contributed by atoms with Crippen LogP contribution in [0.5, 0.6) is 0 Å². The van der Waals surface area contributed by atoms with E-state index in [-0.39, 0.29) is 16.6 Å². The summed E-state index contributed by atoms with van der Waals surface area (Å²) >= 11 is 1.63. The third-order valence-electron chi connectivity index (χ3n) is 2.03. The van der Waals surface area contributed by atoms with Gasteiger partial charge in [0.1, 0.15) is 0 Å². The van der Waals surface area contributed by atoms with Gasteiger partial charge in [-0.05, 0) is 21.8 Å². The summed E-state index contributed by atoms with van der Waals surface area (Å²) in [6.45, 7) is 12.8. The average molecular weight is 224 g/mol. The van der Waals surface area contributed by atoms with Crippen molar-refractivity contribution in [1.29, 1.82) is 0 Å². The Balaban J connectivity index is 2.91. The molecule has 0 radical (unpaired) electrons. The molecule has 1 aliphatic rings. The molecule has 0 aromatic heterocycles. The SMILES string of the molecule is CC(C)(C)/C=C1/SC(C(C)(C)C)=CC1=O. The number of hydrogen-bond donors (Lipinski definition) is 0. The van der Waals surface area contributed by atoms with E-state index in [1.165, 1.54) is 4.91 Å². The van der Waals surface area contributed by atoms with Crippen LogP contribution in [0.1, 0.15) is 41.5 Å². The molecule has 0 unspecified atom stereocenters. The van der Waals surface area contributed by atoms with Gasteiger partial charge in [0, 0.05) is 0 Å². The first kappa shape index (κ1) is 12.6. The molecule has 0 N–H and O–H groups in total. The van der Waals surface area contributed by atoms with Gasteiger partial charge in [-0.1, -0.05) is 59.4 Å². The molecule has 0 fully saturated rings. The Morgan fingerprint density at radius 1 is 1.13 bits per heavy atom. The van der Waals surface area contributed by atoms with Crippen molar-refractivity contribution in [3.05, 3.63) is 22.0 Å². The van der Waals surface area contributed by atoms with Crippen molar-refractivity contribution in [3.63, 3.8) is 0 Å². The fraction of sp³-hybridized carbons (Fsp3) is 0.615. The molecule has 1 aliphatic heterocycles. The van der Waals surface area contributed by atoms with Crippen LogP contribution in [0.2, 0.25) is 0 Å². The van der Waals surface area contributed by atoms with Gasteiger partial charge in [0.25, 0.3) is 0 Å². The highest BCUT2D eigenvalue weighted by atomic mass is 32.2. The zero-order chi connectivity index (χ0) is 11.9. The molecule has 0 saturated heterocycles. The Morgan fingerprint density at radius 3 is 2.00 bits per heavy atom. The van der Waals surface area contributed by atoms with Gasteiger partial charge < -0.3 is 0 Å². The summed E-state index contributed by atoms with van der Waals surface area (Å²) in [6.07, 6.45) is 3.84. The lowest BCUT2D eigenvalue weighted by atomic mass is 9.94. The molecule has 1 nitrogen and oxygen atoms in total. The first-order valence-corrected chi connectivity index (χ1v) is 6.08. The Hall–Kier alpha value is -0.500. The van der Waals surface area contributed by atoms with Crippen LogP contribution >= 0.6 is 11.8 Å². The highest BCUT2D eigenvalue weighted by Gasteiger charge is 2.28. The number of carbonyl (C=O) groups is 1. The van der Waals surface area contributed by atoms with E-state index in [9.17, 15) is 4.79 Å². The summed E-state index contributed by atoms with van der Waals surface area (Å²) in [6, 6.07) is 0. The van der Waals surface area contributed by atoms with Gasteiger partial charge in [0.2, 0.25) is 0 Å². The zero-order valence-electron chi connectivity index (χ0n) is 10.5. The second kappa shape index (κ2) is 3.82. The molecule has 1 rings (SSSR count). The second-order valence-electron chi connectivity index (χ2n) is 6.10. The number of hydrogen-bond acceptors (Lipinski definition) is 2. The highest BCUT2D eigenvalue weighted by molar-refractivity contribution is 8.08. The first-order valence-electron chi connectivity index (χ1n) is 5.27. The van der Waals surface area contributed by atoms with Crippen molar-refractivity contribution in [2.75, 3.05) is 0 Å². The Labute approximate surface area is 97.0 Å². The summed E-state index contributed by atoms with van der Waals surface area (Å²) < 4.78 is 0. The number of carbonyl (C=O) groups excluding carboxylic acids is 1. The van der Waals surface area contributed by atoms with Crippen molar-refractivity contribution in [1.82, 2.24) is 0 Å². The quantitative estimate of drug-likeness (QED) is 0.575. The molecule has 0 aliphatic carbocycles. The molecule has 0 aromatic rings. The van der Waals surface area contributed by atoms with Crippen molar-refractivity contribution < 1.29 is 4.79 Å². The van der Waals surface area contributed by atoms with E-state index in [0.717, 1.165) is 4.91 Å². The first-order chi connectivity index (χ1) is 6.59. The molecule has 0 saturated carbocycles. The van der Waals surface area contributed by atoms with Crippen LogP contribution < -0.4 is 0 Å². The van der Waals surface area contributed by atoms with Crippen LogP contribution in [0.3, 0.4) is 0 Å². The normalized spacial score (nSPS) is 21.1. The van der Waals surface area contributed by atoms with Crippen LogP contribution in [0.15, 0.2) is 22.0 Å². The maximum atomic E-state index is 11.7. The maximum Gasteiger partial charge on any atom is 0.193 e. The monoisotopic (exact) mass is 224 g/mol. The van der Waals surface area contributed by atoms with Gasteiger partial charge >= 0.3 is 0 Å². The van der Waals surface area contributed by atoms with Gasteiger partial charge in [0.15, 0.2) is 5.78 Å². The van der Waals surface area contributed by atoms with Crippen molar-refractivity contribution >= 4 is 17.5 Å². The second-order valence-corrected chi connectivity index (χ2v) is 7.18. The van der Waals surface area contributed by atoms with E-state index in [1.807, 2.05) is 0 Å². The standard InChI is InChI=1S/C13H20OS/c1-12(2,3)8-10-9(14)7-11(15-10)13(4,5)6/h7-8H,1-6H3/b10-8+. The van der Waals surface area contributed by atoms with Crippen LogP contribution in [0, 0.1) is 10.8 Å². The Morgan fingerprint density at radius 2 is 1.67 bits per heavy atom. The molecule has 0 aromatic carbocycles. The summed E-state index contributed by atoms with van der Waals surface area (Å²) in [4.78, 5) is 13.8. The fourth-order valence-corrected chi connectivity index (χ4v) is 2.53. The predicted octanol–water partition coefficient (Wildman–Crippen LogP) is 4.16. The minimum Gasteiger partial charge on any atom is -0.289 e. The van der Waals surface area contributed by atoms with Crippen molar-refractivity contribution in [2.24, 2.45) is 10.8 Å². The summed E-state index contributed by atoms with van der Waals surface area (Å²) in [5, 5.41) is 0. The lowest BCUT2D eigenvalue weighted by Crippen LogP contribution is -2.04. The van der Waals surface area contributed by atoms with E-state index in [2.05, 4.69) is 47.6 Å². The third kappa shape index (κ3) is 3.53. The molecular formula is C13H20OS. The number of thioether (sulfide) groups is 1. The summed E-state index contributed by atoms with van der Waals surface area (Å²) in [7, 11) is 0. The molecular weight excluding hydrogens is 204 g/mol. The molecule has 84 valence electrons. The average Bonchev–Trinajstić information content (AvgIpc) is 2.27. The molecule has 0 bridgehead atoms. The minimum absolute atomic E-state index is 0.0686. The topological polar surface area (TPSA) is 17.1 Å². The van der Waals surface area contributed by atoms with Gasteiger partial charge in [-0.25, -0.2) is 0 Å². The lowest BCUT2D eigenvalue weighted by Gasteiger charge is -2.19. The van der Waals surface area contributed by atoms with E-state index in [0.29, 0.717) is 0 Å². The van der Waals surface area contributed by atoms with Crippen LogP contribution in [-0.4, -0.2) is 5.78 Å². The summed E-state index contributed by atoms with van der Waals surface area (Å²) in [5.74, 6) is 0.167. The van der Waals surface area contributed by atoms with Gasteiger partial charge in [-0.3, -0.25) is 4.79 Å². The maximum absolute atomic E-state index is 11.7. The van der Waals surface area contributed by atoms with Crippen molar-refractivity contribution in [2.45, 2.75) is 41.5 Å². The van der Waals surface area contributed by atoms with Crippen LogP contribution in [-0.2, 0) is 4.79 Å². The molecule has 2 heteroatoms. The molecule has 0 amide bonds. The molecule has 15 heavy (non-hydrogen) atoms. The Kier molecular flexibility index (Phi) is 3.20. The van der Waals surface area contributed by atoms with Crippen LogP contribution in [0.25, 0.3) is 0 Å². The lowest BCUT2D eigenvalue weighted by molar-refractivity contribution is -0.110. The van der Waals surface area contributed by atoms with Crippen LogP contribution in [0.4, 0.5) is 0 Å². The zero-order valence-corrected chi connectivity index (χ0v) is 11.3. The van der Waals surface area contributed by atoms with Crippen molar-refractivity contribution in [3.8, 4) is 0 Å². The minimum atomic E-state index is 0.0686. The fourth-order valence-electron chi connectivity index (χ4n) is 1.25. The largest absolute Gasteiger partial charge is 0.289 e. The third-order valence-corrected chi connectivity index (χ3v) is 3.52. The smallest absolute Gasteiger partial charge is 0.193 e. The van der Waals surface area contributed by atoms with E-state index in [4.69, 9.17) is 0 Å². The molecule has 0 spiro atoms. The molecule has 1 heterocycles. The highest BCUT2D eigenvalue weighted by Crippen LogP contribution is 2.44. The summed E-state index contributed by atoms with van der Waals surface area (Å²) in [5.41, 5.74) is 0.146. The number of ketones is 1. The predicted molar refractivity (Wildman–Crippen MR) is 67.7 cm³/mol. The van der Waals surface area contributed by atoms with Gasteiger partial charge in [0.05, 0.1) is 4.91 Å². The molecule has 0 atom stereocenters. The number of rotatable bonds is 0. The van der Waals surface area contributed by atoms with E-state index >= 15 is 0 Å². The number of allylic oxidation sites excluding steroid dienone is 4. The van der Waals surface area contributed by atoms with E-state index in [1.54, 1.807) is 17.8 Å². The van der Waals surface area contributed by atoms with Gasteiger partial charge in [-0.15, -0.1) is 0 Å². The Bertz CT molecular complexity index is 335.